The summed E-state index contributed by atoms with van der Waals surface area (Å²) < 4.78 is 5.52. The van der Waals surface area contributed by atoms with Crippen LogP contribution in [0.2, 0.25) is 0 Å². The standard InChI is InChI=1S/C12H12N2O2/c1-9-10(15)4-2-5-11(9)16-8-12-13-6-3-7-14-12/h2-7,15H,8H2,1H3. The predicted octanol–water partition coefficient (Wildman–Crippen LogP) is 2.07. The van der Waals surface area contributed by atoms with Gasteiger partial charge in [0.2, 0.25) is 0 Å². The lowest BCUT2D eigenvalue weighted by atomic mass is 10.2. The molecule has 0 fully saturated rings. The molecule has 2 rings (SSSR count). The predicted molar refractivity (Wildman–Crippen MR) is 59.2 cm³/mol. The second-order valence-corrected chi connectivity index (χ2v) is 3.35. The molecule has 0 unspecified atom stereocenters. The van der Waals surface area contributed by atoms with Crippen molar-refractivity contribution in [3.8, 4) is 11.5 Å². The number of phenolic OH excluding ortho intramolecular Hbond substituents is 1. The molecular formula is C12H12N2O2. The molecule has 0 amide bonds. The number of ether oxygens (including phenoxy) is 1. The van der Waals surface area contributed by atoms with Gasteiger partial charge in [-0.15, -0.1) is 0 Å². The van der Waals surface area contributed by atoms with E-state index in [2.05, 4.69) is 9.97 Å². The fourth-order valence-corrected chi connectivity index (χ4v) is 1.31. The van der Waals surface area contributed by atoms with E-state index in [0.717, 1.165) is 5.56 Å². The van der Waals surface area contributed by atoms with Crippen molar-refractivity contribution >= 4 is 0 Å². The number of hydrogen-bond acceptors (Lipinski definition) is 4. The minimum Gasteiger partial charge on any atom is -0.508 e. The largest absolute Gasteiger partial charge is 0.508 e. The first kappa shape index (κ1) is 10.4. The maximum atomic E-state index is 9.49. The molecule has 1 aromatic heterocycles. The summed E-state index contributed by atoms with van der Waals surface area (Å²) in [7, 11) is 0. The summed E-state index contributed by atoms with van der Waals surface area (Å²) in [5.74, 6) is 1.49. The Balaban J connectivity index is 2.08. The number of nitrogens with zero attached hydrogens (tertiary/aromatic N) is 2. The highest BCUT2D eigenvalue weighted by Gasteiger charge is 2.04. The van der Waals surface area contributed by atoms with E-state index in [1.165, 1.54) is 0 Å². The van der Waals surface area contributed by atoms with Crippen LogP contribution in [0.1, 0.15) is 11.4 Å². The molecule has 0 aliphatic rings. The Morgan fingerprint density at radius 2 is 1.94 bits per heavy atom. The Bertz CT molecular complexity index is 472. The molecule has 1 aromatic carbocycles. The molecule has 0 aliphatic heterocycles. The third-order valence-corrected chi connectivity index (χ3v) is 2.23. The first-order valence-electron chi connectivity index (χ1n) is 4.94. The van der Waals surface area contributed by atoms with Crippen LogP contribution in [-0.2, 0) is 6.61 Å². The molecule has 1 N–H and O–H groups in total. The van der Waals surface area contributed by atoms with Gasteiger partial charge in [-0.1, -0.05) is 6.07 Å². The van der Waals surface area contributed by atoms with E-state index < -0.39 is 0 Å². The maximum absolute atomic E-state index is 9.49. The summed E-state index contributed by atoms with van der Waals surface area (Å²) in [6.07, 6.45) is 3.34. The highest BCUT2D eigenvalue weighted by atomic mass is 16.5. The zero-order chi connectivity index (χ0) is 11.4. The van der Waals surface area contributed by atoms with Crippen molar-refractivity contribution in [1.29, 1.82) is 0 Å². The fourth-order valence-electron chi connectivity index (χ4n) is 1.31. The average molecular weight is 216 g/mol. The molecule has 0 bridgehead atoms. The smallest absolute Gasteiger partial charge is 0.166 e. The Labute approximate surface area is 93.6 Å². The van der Waals surface area contributed by atoms with Crippen LogP contribution >= 0.6 is 0 Å². The van der Waals surface area contributed by atoms with Gasteiger partial charge in [-0.25, -0.2) is 9.97 Å². The number of rotatable bonds is 3. The number of aromatic hydroxyl groups is 1. The molecule has 0 saturated heterocycles. The van der Waals surface area contributed by atoms with Crippen LogP contribution in [0.4, 0.5) is 0 Å². The molecule has 0 spiro atoms. The van der Waals surface area contributed by atoms with Crippen molar-refractivity contribution in [2.24, 2.45) is 0 Å². The minimum atomic E-state index is 0.228. The molecule has 4 heteroatoms. The van der Waals surface area contributed by atoms with Crippen LogP contribution in [0.5, 0.6) is 11.5 Å². The number of benzene rings is 1. The van der Waals surface area contributed by atoms with Gasteiger partial charge in [-0.3, -0.25) is 0 Å². The first-order chi connectivity index (χ1) is 7.77. The van der Waals surface area contributed by atoms with Gasteiger partial charge in [0.1, 0.15) is 18.1 Å². The van der Waals surface area contributed by atoms with E-state index in [0.29, 0.717) is 18.2 Å². The zero-order valence-electron chi connectivity index (χ0n) is 8.92. The Kier molecular flexibility index (Phi) is 3.00. The lowest BCUT2D eigenvalue weighted by Crippen LogP contribution is -2.01. The van der Waals surface area contributed by atoms with Crippen molar-refractivity contribution < 1.29 is 9.84 Å². The van der Waals surface area contributed by atoms with E-state index in [4.69, 9.17) is 4.74 Å². The van der Waals surface area contributed by atoms with Crippen LogP contribution in [-0.4, -0.2) is 15.1 Å². The lowest BCUT2D eigenvalue weighted by molar-refractivity contribution is 0.291. The molecule has 82 valence electrons. The van der Waals surface area contributed by atoms with Crippen LogP contribution in [0, 0.1) is 6.92 Å². The molecule has 0 radical (unpaired) electrons. The molecule has 0 saturated carbocycles. The zero-order valence-corrected chi connectivity index (χ0v) is 8.92. The van der Waals surface area contributed by atoms with Gasteiger partial charge in [0.15, 0.2) is 5.82 Å². The third kappa shape index (κ3) is 2.28. The van der Waals surface area contributed by atoms with Gasteiger partial charge in [-0.2, -0.15) is 0 Å². The molecule has 2 aromatic rings. The van der Waals surface area contributed by atoms with E-state index in [-0.39, 0.29) is 5.75 Å². The Hall–Kier alpha value is -2.10. The van der Waals surface area contributed by atoms with Gasteiger partial charge in [0, 0.05) is 18.0 Å². The van der Waals surface area contributed by atoms with Crippen molar-refractivity contribution in [1.82, 2.24) is 9.97 Å². The summed E-state index contributed by atoms with van der Waals surface area (Å²) in [6.45, 7) is 2.10. The summed E-state index contributed by atoms with van der Waals surface area (Å²) in [4.78, 5) is 8.09. The van der Waals surface area contributed by atoms with Crippen molar-refractivity contribution in [3.05, 3.63) is 48.0 Å². The summed E-state index contributed by atoms with van der Waals surface area (Å²) in [6, 6.07) is 6.92. The minimum absolute atomic E-state index is 0.228. The van der Waals surface area contributed by atoms with Gasteiger partial charge >= 0.3 is 0 Å². The van der Waals surface area contributed by atoms with Crippen molar-refractivity contribution in [3.63, 3.8) is 0 Å². The highest BCUT2D eigenvalue weighted by Crippen LogP contribution is 2.26. The molecule has 4 nitrogen and oxygen atoms in total. The summed E-state index contributed by atoms with van der Waals surface area (Å²) in [5, 5.41) is 9.49. The number of aromatic nitrogens is 2. The molecule has 0 aliphatic carbocycles. The monoisotopic (exact) mass is 216 g/mol. The SMILES string of the molecule is Cc1c(O)cccc1OCc1ncccn1. The fraction of sp³-hybridized carbons (Fsp3) is 0.167. The Morgan fingerprint density at radius 3 is 2.69 bits per heavy atom. The highest BCUT2D eigenvalue weighted by molar-refractivity contribution is 5.42. The van der Waals surface area contributed by atoms with Crippen LogP contribution in [0.25, 0.3) is 0 Å². The van der Waals surface area contributed by atoms with E-state index in [1.54, 1.807) is 43.6 Å². The quantitative estimate of drug-likeness (QED) is 0.853. The second kappa shape index (κ2) is 4.61. The number of phenols is 1. The average Bonchev–Trinajstić information content (AvgIpc) is 2.32. The third-order valence-electron chi connectivity index (χ3n) is 2.23. The molecule has 0 atom stereocenters. The normalized spacial score (nSPS) is 10.1. The summed E-state index contributed by atoms with van der Waals surface area (Å²) >= 11 is 0. The van der Waals surface area contributed by atoms with Crippen LogP contribution < -0.4 is 4.74 Å². The Morgan fingerprint density at radius 1 is 1.19 bits per heavy atom. The second-order valence-electron chi connectivity index (χ2n) is 3.35. The number of hydrogen-bond donors (Lipinski definition) is 1. The van der Waals surface area contributed by atoms with Gasteiger partial charge < -0.3 is 9.84 Å². The van der Waals surface area contributed by atoms with Crippen molar-refractivity contribution in [2.75, 3.05) is 0 Å². The topological polar surface area (TPSA) is 55.2 Å². The summed E-state index contributed by atoms with van der Waals surface area (Å²) in [5.41, 5.74) is 0.721. The van der Waals surface area contributed by atoms with E-state index in [1.807, 2.05) is 0 Å². The lowest BCUT2D eigenvalue weighted by Gasteiger charge is -2.08. The van der Waals surface area contributed by atoms with E-state index in [9.17, 15) is 5.11 Å². The van der Waals surface area contributed by atoms with Crippen LogP contribution in [0.15, 0.2) is 36.7 Å². The first-order valence-corrected chi connectivity index (χ1v) is 4.94. The molecule has 1 heterocycles. The van der Waals surface area contributed by atoms with E-state index >= 15 is 0 Å². The molecular weight excluding hydrogens is 204 g/mol. The molecule has 16 heavy (non-hydrogen) atoms. The van der Waals surface area contributed by atoms with Crippen LogP contribution in [0.3, 0.4) is 0 Å². The van der Waals surface area contributed by atoms with Gasteiger partial charge in [0.25, 0.3) is 0 Å². The van der Waals surface area contributed by atoms with Crippen molar-refractivity contribution in [2.45, 2.75) is 13.5 Å². The van der Waals surface area contributed by atoms with Gasteiger partial charge in [0.05, 0.1) is 0 Å². The maximum Gasteiger partial charge on any atom is 0.166 e. The van der Waals surface area contributed by atoms with Gasteiger partial charge in [-0.05, 0) is 25.1 Å².